The highest BCUT2D eigenvalue weighted by molar-refractivity contribution is 5.49. The van der Waals surface area contributed by atoms with E-state index in [1.165, 1.54) is 128 Å². The molecule has 5 nitrogen and oxygen atoms in total. The molecule has 0 radical (unpaired) electrons. The number of carbonyl (C=O) groups excluding carboxylic acids is 2. The van der Waals surface area contributed by atoms with Gasteiger partial charge >= 0.3 is 0 Å². The van der Waals surface area contributed by atoms with Crippen LogP contribution in [0.4, 0.5) is 0 Å². The first kappa shape index (κ1) is 43.7. The summed E-state index contributed by atoms with van der Waals surface area (Å²) >= 11 is 0. The van der Waals surface area contributed by atoms with Crippen molar-refractivity contribution in [3.05, 3.63) is 24.3 Å². The van der Waals surface area contributed by atoms with Crippen molar-refractivity contribution in [2.75, 3.05) is 13.2 Å². The molecule has 2 unspecified atom stereocenters. The molecule has 0 amide bonds. The van der Waals surface area contributed by atoms with Gasteiger partial charge in [-0.25, -0.2) is 0 Å². The predicted octanol–water partition coefficient (Wildman–Crippen LogP) is 12.2. The van der Waals surface area contributed by atoms with Gasteiger partial charge in [0.05, 0.1) is 13.2 Å². The number of aldehydes is 2. The molecule has 264 valence electrons. The van der Waals surface area contributed by atoms with Crippen molar-refractivity contribution in [1.82, 2.24) is 0 Å². The van der Waals surface area contributed by atoms with E-state index >= 15 is 0 Å². The Morgan fingerprint density at radius 1 is 0.400 bits per heavy atom. The number of hydrogen-bond donors (Lipinski definition) is 0. The minimum atomic E-state index is -0.386. The molecule has 0 heterocycles. The van der Waals surface area contributed by atoms with Crippen molar-refractivity contribution in [2.24, 2.45) is 0 Å². The van der Waals surface area contributed by atoms with Crippen molar-refractivity contribution < 1.29 is 23.8 Å². The van der Waals surface area contributed by atoms with Gasteiger partial charge in [0.2, 0.25) is 0 Å². The fourth-order valence-corrected chi connectivity index (χ4v) is 5.38. The van der Waals surface area contributed by atoms with E-state index in [0.717, 1.165) is 51.1 Å². The van der Waals surface area contributed by atoms with Crippen molar-refractivity contribution >= 4 is 12.6 Å². The normalized spacial score (nSPS) is 13.2. The third-order valence-corrected chi connectivity index (χ3v) is 8.30. The smallest absolute Gasteiger partial charge is 0.180 e. The molecule has 0 saturated carbocycles. The molecule has 0 aliphatic heterocycles. The monoisotopic (exact) mass is 635 g/mol. The second kappa shape index (κ2) is 38.9. The summed E-state index contributed by atoms with van der Waals surface area (Å²) in [6.45, 7) is 5.92. The Hall–Kier alpha value is -1.30. The number of rotatable bonds is 38. The van der Waals surface area contributed by atoms with Crippen LogP contribution >= 0.6 is 0 Å². The molecular weight excluding hydrogens is 560 g/mol. The summed E-state index contributed by atoms with van der Waals surface area (Å²) < 4.78 is 18.9. The van der Waals surface area contributed by atoms with Crippen LogP contribution in [-0.4, -0.2) is 38.4 Å². The van der Waals surface area contributed by atoms with Crippen LogP contribution < -0.4 is 0 Å². The summed E-state index contributed by atoms with van der Waals surface area (Å²) in [4.78, 5) is 20.9. The lowest BCUT2D eigenvalue weighted by Crippen LogP contribution is -2.25. The maximum atomic E-state index is 10.4. The summed E-state index contributed by atoms with van der Waals surface area (Å²) in [5.74, 6) is 0. The molecule has 0 fully saturated rings. The Balaban J connectivity index is 4.77. The van der Waals surface area contributed by atoms with Gasteiger partial charge in [0, 0.05) is 12.8 Å². The first-order valence-electron chi connectivity index (χ1n) is 19.4. The van der Waals surface area contributed by atoms with Crippen LogP contribution in [0, 0.1) is 0 Å². The zero-order chi connectivity index (χ0) is 32.7. The third-order valence-electron chi connectivity index (χ3n) is 8.30. The van der Waals surface area contributed by atoms with Crippen LogP contribution in [-0.2, 0) is 23.8 Å². The van der Waals surface area contributed by atoms with Crippen LogP contribution in [0.5, 0.6) is 0 Å². The first-order valence-corrected chi connectivity index (χ1v) is 19.4. The average Bonchev–Trinajstić information content (AvgIpc) is 3.05. The Morgan fingerprint density at radius 2 is 0.711 bits per heavy atom. The van der Waals surface area contributed by atoms with Crippen molar-refractivity contribution in [3.63, 3.8) is 0 Å². The summed E-state index contributed by atoms with van der Waals surface area (Å²) in [7, 11) is 0. The van der Waals surface area contributed by atoms with Crippen LogP contribution in [0.25, 0.3) is 0 Å². The van der Waals surface area contributed by atoms with Gasteiger partial charge in [-0.05, 0) is 63.5 Å². The van der Waals surface area contributed by atoms with Gasteiger partial charge in [0.1, 0.15) is 12.6 Å². The Bertz CT molecular complexity index is 593. The maximum absolute atomic E-state index is 10.4. The van der Waals surface area contributed by atoms with Crippen LogP contribution in [0.3, 0.4) is 0 Å². The number of hydrogen-bond acceptors (Lipinski definition) is 5. The molecule has 45 heavy (non-hydrogen) atoms. The van der Waals surface area contributed by atoms with E-state index < -0.39 is 0 Å². The fourth-order valence-electron chi connectivity index (χ4n) is 5.38. The molecule has 0 N–H and O–H groups in total. The van der Waals surface area contributed by atoms with Crippen LogP contribution in [0.2, 0.25) is 0 Å². The van der Waals surface area contributed by atoms with Crippen LogP contribution in [0.1, 0.15) is 194 Å². The number of ether oxygens (including phenoxy) is 3. The lowest BCUT2D eigenvalue weighted by atomic mass is 10.1. The lowest BCUT2D eigenvalue weighted by Gasteiger charge is -2.22. The third kappa shape index (κ3) is 35.4. The van der Waals surface area contributed by atoms with Gasteiger partial charge in [-0.15, -0.1) is 0 Å². The molecule has 0 bridgehead atoms. The van der Waals surface area contributed by atoms with E-state index in [4.69, 9.17) is 14.2 Å². The van der Waals surface area contributed by atoms with Crippen molar-refractivity contribution in [3.8, 4) is 0 Å². The summed E-state index contributed by atoms with van der Waals surface area (Å²) in [6.07, 6.45) is 42.5. The molecule has 0 aromatic heterocycles. The minimum Gasteiger partial charge on any atom is -0.349 e. The topological polar surface area (TPSA) is 61.8 Å². The second-order valence-corrected chi connectivity index (χ2v) is 12.7. The Morgan fingerprint density at radius 3 is 1.07 bits per heavy atom. The van der Waals surface area contributed by atoms with E-state index in [9.17, 15) is 9.59 Å². The molecule has 5 heteroatoms. The predicted molar refractivity (Wildman–Crippen MR) is 192 cm³/mol. The van der Waals surface area contributed by atoms with E-state index in [1.54, 1.807) is 0 Å². The summed E-state index contributed by atoms with van der Waals surface area (Å²) in [6, 6.07) is 0. The Kier molecular flexibility index (Phi) is 37.8. The van der Waals surface area contributed by atoms with Gasteiger partial charge in [-0.2, -0.15) is 0 Å². The molecule has 0 aromatic rings. The molecular formula is C40H74O5. The first-order chi connectivity index (χ1) is 22.3. The van der Waals surface area contributed by atoms with Gasteiger partial charge in [0.15, 0.2) is 12.6 Å². The van der Waals surface area contributed by atoms with E-state index in [-0.39, 0.29) is 12.6 Å². The molecule has 0 aromatic carbocycles. The highest BCUT2D eigenvalue weighted by atomic mass is 16.8. The number of unbranched alkanes of at least 4 members (excludes halogenated alkanes) is 24. The fraction of sp³-hybridized carbons (Fsp3) is 0.850. The quantitative estimate of drug-likeness (QED) is 0.0293. The average molecular weight is 635 g/mol. The highest BCUT2D eigenvalue weighted by Crippen LogP contribution is 2.14. The Labute approximate surface area is 279 Å². The zero-order valence-corrected chi connectivity index (χ0v) is 29.9. The number of carbonyl (C=O) groups is 2. The van der Waals surface area contributed by atoms with Gasteiger partial charge in [-0.1, -0.05) is 142 Å². The SMILES string of the molecule is CCCCCCCOC(C=CCCCCCCCCCC=O)OC(C=CCCCCCCCCCC=O)OCCCCCCC. The molecule has 0 aliphatic rings. The summed E-state index contributed by atoms with van der Waals surface area (Å²) in [5, 5.41) is 0. The maximum Gasteiger partial charge on any atom is 0.180 e. The van der Waals surface area contributed by atoms with Crippen LogP contribution in [0.15, 0.2) is 24.3 Å². The van der Waals surface area contributed by atoms with Gasteiger partial charge in [0.25, 0.3) is 0 Å². The van der Waals surface area contributed by atoms with Crippen molar-refractivity contribution in [2.45, 2.75) is 206 Å². The zero-order valence-electron chi connectivity index (χ0n) is 29.9. The van der Waals surface area contributed by atoms with E-state index in [1.807, 2.05) is 0 Å². The molecule has 2 atom stereocenters. The van der Waals surface area contributed by atoms with Gasteiger partial charge in [-0.3, -0.25) is 0 Å². The largest absolute Gasteiger partial charge is 0.349 e. The molecule has 0 spiro atoms. The van der Waals surface area contributed by atoms with Crippen molar-refractivity contribution in [1.29, 1.82) is 0 Å². The lowest BCUT2D eigenvalue weighted by molar-refractivity contribution is -0.208. The van der Waals surface area contributed by atoms with E-state index in [0.29, 0.717) is 26.1 Å². The number of allylic oxidation sites excluding steroid dienone is 2. The highest BCUT2D eigenvalue weighted by Gasteiger charge is 2.13. The second-order valence-electron chi connectivity index (χ2n) is 12.7. The molecule has 0 aliphatic carbocycles. The van der Waals surface area contributed by atoms with Gasteiger partial charge < -0.3 is 23.8 Å². The minimum absolute atomic E-state index is 0.386. The van der Waals surface area contributed by atoms with E-state index in [2.05, 4.69) is 38.2 Å². The standard InChI is InChI=1S/C40H74O5/c1-3-5-7-25-31-37-43-39(33-27-21-17-13-9-11-15-19-23-29-35-41)45-40(44-38-32-26-8-6-4-2)34-28-22-18-14-10-12-16-20-24-30-36-42/h27-28,33-36,39-40H,3-26,29-32,37-38H2,1-2H3. The molecule has 0 saturated heterocycles. The summed E-state index contributed by atoms with van der Waals surface area (Å²) in [5.41, 5.74) is 0. The molecule has 0 rings (SSSR count).